The summed E-state index contributed by atoms with van der Waals surface area (Å²) in [6.45, 7) is 4.45. The van der Waals surface area contributed by atoms with E-state index in [-0.39, 0.29) is 0 Å². The molecule has 2 heteroatoms. The molecule has 2 N–H and O–H groups in total. The Balaban J connectivity index is 1.58. The fourth-order valence-electron chi connectivity index (χ4n) is 2.95. The van der Waals surface area contributed by atoms with Crippen LogP contribution in [0.2, 0.25) is 0 Å². The zero-order chi connectivity index (χ0) is 13.5. The van der Waals surface area contributed by atoms with Crippen LogP contribution in [-0.2, 0) is 6.42 Å². The summed E-state index contributed by atoms with van der Waals surface area (Å²) in [5, 5.41) is 7.03. The molecule has 1 aromatic carbocycles. The maximum Gasteiger partial charge on any atom is 0.00642 e. The minimum atomic E-state index is 0.767. The highest BCUT2D eigenvalue weighted by atomic mass is 14.9. The van der Waals surface area contributed by atoms with E-state index in [2.05, 4.69) is 48.9 Å². The van der Waals surface area contributed by atoms with E-state index in [1.165, 1.54) is 43.4 Å². The molecule has 106 valence electrons. The Labute approximate surface area is 118 Å². The Kier molecular flexibility index (Phi) is 5.87. The third-order valence-electron chi connectivity index (χ3n) is 4.40. The molecule has 1 saturated carbocycles. The second-order valence-corrected chi connectivity index (χ2v) is 5.95. The molecule has 19 heavy (non-hydrogen) atoms. The molecule has 1 aromatic rings. The molecule has 0 radical (unpaired) electrons. The van der Waals surface area contributed by atoms with Gasteiger partial charge in [0.15, 0.2) is 0 Å². The van der Waals surface area contributed by atoms with Crippen molar-refractivity contribution in [3.63, 3.8) is 0 Å². The predicted octanol–water partition coefficient (Wildman–Crippen LogP) is 2.91. The molecule has 0 spiro atoms. The van der Waals surface area contributed by atoms with Crippen LogP contribution in [0.25, 0.3) is 0 Å². The molecular formula is C17H28N2. The Bertz CT molecular complexity index is 350. The minimum absolute atomic E-state index is 0.767. The lowest BCUT2D eigenvalue weighted by molar-refractivity contribution is 0.293. The largest absolute Gasteiger partial charge is 0.317 e. The van der Waals surface area contributed by atoms with Crippen LogP contribution < -0.4 is 10.6 Å². The molecule has 2 rings (SSSR count). The predicted molar refractivity (Wildman–Crippen MR) is 82.6 cm³/mol. The summed E-state index contributed by atoms with van der Waals surface area (Å²) in [5.41, 5.74) is 2.79. The van der Waals surface area contributed by atoms with Gasteiger partial charge in [-0.2, -0.15) is 0 Å². The van der Waals surface area contributed by atoms with Gasteiger partial charge in [-0.05, 0) is 70.6 Å². The van der Waals surface area contributed by atoms with Crippen molar-refractivity contribution in [2.45, 2.75) is 45.1 Å². The maximum atomic E-state index is 3.63. The lowest BCUT2D eigenvalue weighted by Gasteiger charge is -2.28. The fourth-order valence-corrected chi connectivity index (χ4v) is 2.95. The van der Waals surface area contributed by atoms with Crippen molar-refractivity contribution in [3.8, 4) is 0 Å². The average molecular weight is 260 g/mol. The monoisotopic (exact) mass is 260 g/mol. The number of benzene rings is 1. The van der Waals surface area contributed by atoms with Crippen LogP contribution in [-0.4, -0.2) is 26.2 Å². The maximum absolute atomic E-state index is 3.63. The molecule has 0 bridgehead atoms. The molecule has 1 fully saturated rings. The van der Waals surface area contributed by atoms with E-state index < -0.39 is 0 Å². The summed E-state index contributed by atoms with van der Waals surface area (Å²) in [6, 6.07) is 9.66. The van der Waals surface area contributed by atoms with Gasteiger partial charge < -0.3 is 10.6 Å². The van der Waals surface area contributed by atoms with Gasteiger partial charge in [0.2, 0.25) is 0 Å². The molecule has 1 aliphatic carbocycles. The van der Waals surface area contributed by atoms with Gasteiger partial charge in [-0.25, -0.2) is 0 Å². The lowest BCUT2D eigenvalue weighted by Crippen LogP contribution is -2.34. The second kappa shape index (κ2) is 7.66. The molecule has 1 aliphatic rings. The van der Waals surface area contributed by atoms with E-state index in [9.17, 15) is 0 Å². The SMILES string of the molecule is CNC1CCC(CNCCc2ccc(C)cc2)CC1. The van der Waals surface area contributed by atoms with Gasteiger partial charge in [0.1, 0.15) is 0 Å². The van der Waals surface area contributed by atoms with Gasteiger partial charge in [0.25, 0.3) is 0 Å². The zero-order valence-electron chi connectivity index (χ0n) is 12.4. The summed E-state index contributed by atoms with van der Waals surface area (Å²) in [5.74, 6) is 0.891. The Morgan fingerprint density at radius 3 is 2.37 bits per heavy atom. The summed E-state index contributed by atoms with van der Waals surface area (Å²) in [4.78, 5) is 0. The van der Waals surface area contributed by atoms with Crippen LogP contribution in [0.1, 0.15) is 36.8 Å². The Morgan fingerprint density at radius 1 is 1.05 bits per heavy atom. The molecule has 0 amide bonds. The quantitative estimate of drug-likeness (QED) is 0.769. The molecule has 0 atom stereocenters. The van der Waals surface area contributed by atoms with Crippen molar-refractivity contribution in [1.82, 2.24) is 10.6 Å². The topological polar surface area (TPSA) is 24.1 Å². The van der Waals surface area contributed by atoms with Crippen LogP contribution in [0.15, 0.2) is 24.3 Å². The normalized spacial score (nSPS) is 23.5. The molecule has 0 aliphatic heterocycles. The molecule has 0 heterocycles. The highest BCUT2D eigenvalue weighted by molar-refractivity contribution is 5.21. The Morgan fingerprint density at radius 2 is 1.74 bits per heavy atom. The first-order valence-corrected chi connectivity index (χ1v) is 7.71. The Hall–Kier alpha value is -0.860. The van der Waals surface area contributed by atoms with E-state index >= 15 is 0 Å². The molecule has 0 aromatic heterocycles. The van der Waals surface area contributed by atoms with E-state index in [0.717, 1.165) is 24.9 Å². The molecular weight excluding hydrogens is 232 g/mol. The smallest absolute Gasteiger partial charge is 0.00642 e. The third kappa shape index (κ3) is 4.96. The lowest BCUT2D eigenvalue weighted by atomic mass is 9.86. The van der Waals surface area contributed by atoms with E-state index in [1.54, 1.807) is 0 Å². The van der Waals surface area contributed by atoms with Gasteiger partial charge >= 0.3 is 0 Å². The fraction of sp³-hybridized carbons (Fsp3) is 0.647. The van der Waals surface area contributed by atoms with Gasteiger partial charge in [-0.1, -0.05) is 29.8 Å². The van der Waals surface area contributed by atoms with Gasteiger partial charge in [0, 0.05) is 6.04 Å². The van der Waals surface area contributed by atoms with Crippen LogP contribution >= 0.6 is 0 Å². The van der Waals surface area contributed by atoms with Crippen molar-refractivity contribution in [3.05, 3.63) is 35.4 Å². The van der Waals surface area contributed by atoms with E-state index in [4.69, 9.17) is 0 Å². The minimum Gasteiger partial charge on any atom is -0.317 e. The first kappa shape index (κ1) is 14.5. The van der Waals surface area contributed by atoms with Gasteiger partial charge in [-0.3, -0.25) is 0 Å². The molecule has 2 nitrogen and oxygen atoms in total. The van der Waals surface area contributed by atoms with E-state index in [0.29, 0.717) is 0 Å². The van der Waals surface area contributed by atoms with Crippen molar-refractivity contribution in [1.29, 1.82) is 0 Å². The van der Waals surface area contributed by atoms with Crippen molar-refractivity contribution in [2.24, 2.45) is 5.92 Å². The van der Waals surface area contributed by atoms with Crippen molar-refractivity contribution < 1.29 is 0 Å². The van der Waals surface area contributed by atoms with Crippen LogP contribution in [0, 0.1) is 12.8 Å². The van der Waals surface area contributed by atoms with E-state index in [1.807, 2.05) is 0 Å². The molecule has 0 unspecified atom stereocenters. The van der Waals surface area contributed by atoms with Crippen molar-refractivity contribution in [2.75, 3.05) is 20.1 Å². The number of nitrogens with one attached hydrogen (secondary N) is 2. The number of hydrogen-bond donors (Lipinski definition) is 2. The molecule has 0 saturated heterocycles. The zero-order valence-corrected chi connectivity index (χ0v) is 12.4. The highest BCUT2D eigenvalue weighted by Crippen LogP contribution is 2.23. The standard InChI is InChI=1S/C17H28N2/c1-14-3-5-15(6-4-14)11-12-19-13-16-7-9-17(18-2)10-8-16/h3-6,16-19H,7-13H2,1-2H3. The van der Waals surface area contributed by atoms with Gasteiger partial charge in [-0.15, -0.1) is 0 Å². The van der Waals surface area contributed by atoms with Crippen LogP contribution in [0.4, 0.5) is 0 Å². The number of aryl methyl sites for hydroxylation is 1. The number of hydrogen-bond acceptors (Lipinski definition) is 2. The number of rotatable bonds is 6. The van der Waals surface area contributed by atoms with Crippen LogP contribution in [0.3, 0.4) is 0 Å². The summed E-state index contributed by atoms with van der Waals surface area (Å²) < 4.78 is 0. The first-order chi connectivity index (χ1) is 9.28. The highest BCUT2D eigenvalue weighted by Gasteiger charge is 2.19. The third-order valence-corrected chi connectivity index (χ3v) is 4.40. The second-order valence-electron chi connectivity index (χ2n) is 5.95. The average Bonchev–Trinajstić information content (AvgIpc) is 2.46. The van der Waals surface area contributed by atoms with Gasteiger partial charge in [0.05, 0.1) is 0 Å². The summed E-state index contributed by atoms with van der Waals surface area (Å²) in [7, 11) is 2.09. The summed E-state index contributed by atoms with van der Waals surface area (Å²) in [6.07, 6.45) is 6.60. The summed E-state index contributed by atoms with van der Waals surface area (Å²) >= 11 is 0. The van der Waals surface area contributed by atoms with Crippen molar-refractivity contribution >= 4 is 0 Å². The first-order valence-electron chi connectivity index (χ1n) is 7.71. The van der Waals surface area contributed by atoms with Crippen LogP contribution in [0.5, 0.6) is 0 Å².